The van der Waals surface area contributed by atoms with Gasteiger partial charge in [-0.15, -0.1) is 0 Å². The fourth-order valence-corrected chi connectivity index (χ4v) is 1.95. The van der Waals surface area contributed by atoms with Crippen molar-refractivity contribution in [3.05, 3.63) is 52.4 Å². The van der Waals surface area contributed by atoms with Gasteiger partial charge in [-0.05, 0) is 31.2 Å². The lowest BCUT2D eigenvalue weighted by Gasteiger charge is -2.11. The summed E-state index contributed by atoms with van der Waals surface area (Å²) in [5, 5.41) is 9.59. The van der Waals surface area contributed by atoms with E-state index in [1.54, 1.807) is 31.3 Å². The fourth-order valence-electron chi connectivity index (χ4n) is 1.51. The van der Waals surface area contributed by atoms with Crippen LogP contribution >= 0.6 is 15.9 Å². The smallest absolute Gasteiger partial charge is 0.225 e. The first-order chi connectivity index (χ1) is 8.56. The van der Waals surface area contributed by atoms with Gasteiger partial charge in [-0.25, -0.2) is 9.37 Å². The van der Waals surface area contributed by atoms with Gasteiger partial charge < -0.3 is 9.84 Å². The molecule has 0 bridgehead atoms. The number of pyridine rings is 1. The molecule has 0 saturated carbocycles. The highest BCUT2D eigenvalue weighted by Gasteiger charge is 2.11. The molecule has 0 saturated heterocycles. The molecule has 1 atom stereocenters. The van der Waals surface area contributed by atoms with Crippen LogP contribution in [0.1, 0.15) is 18.6 Å². The summed E-state index contributed by atoms with van der Waals surface area (Å²) in [4.78, 5) is 4.03. The van der Waals surface area contributed by atoms with Gasteiger partial charge in [0.1, 0.15) is 11.6 Å². The average Bonchev–Trinajstić information content (AvgIpc) is 2.27. The number of ether oxygens (including phenoxy) is 1. The van der Waals surface area contributed by atoms with Crippen LogP contribution in [-0.4, -0.2) is 10.1 Å². The molecule has 0 spiro atoms. The van der Waals surface area contributed by atoms with Gasteiger partial charge >= 0.3 is 0 Å². The lowest BCUT2D eigenvalue weighted by Crippen LogP contribution is -1.98. The molecule has 0 aliphatic heterocycles. The molecular formula is C13H11BrFNO2. The SMILES string of the molecule is C[C@H](O)c1cccnc1Oc1cc(F)cc(Br)c1. The molecule has 0 aliphatic rings. The van der Waals surface area contributed by atoms with E-state index in [-0.39, 0.29) is 5.88 Å². The maximum atomic E-state index is 13.2. The molecule has 2 rings (SSSR count). The van der Waals surface area contributed by atoms with Crippen LogP contribution in [0.25, 0.3) is 0 Å². The van der Waals surface area contributed by atoms with E-state index in [9.17, 15) is 9.50 Å². The maximum absolute atomic E-state index is 13.2. The second-order valence-electron chi connectivity index (χ2n) is 3.78. The van der Waals surface area contributed by atoms with Gasteiger partial charge in [-0.3, -0.25) is 0 Å². The zero-order valence-electron chi connectivity index (χ0n) is 9.60. The molecule has 0 amide bonds. The van der Waals surface area contributed by atoms with Crippen molar-refractivity contribution in [2.75, 3.05) is 0 Å². The molecule has 18 heavy (non-hydrogen) atoms. The van der Waals surface area contributed by atoms with Crippen LogP contribution in [0.3, 0.4) is 0 Å². The van der Waals surface area contributed by atoms with Crippen molar-refractivity contribution in [3.63, 3.8) is 0 Å². The van der Waals surface area contributed by atoms with Gasteiger partial charge in [-0.2, -0.15) is 0 Å². The molecule has 2 aromatic rings. The van der Waals surface area contributed by atoms with Crippen LogP contribution in [-0.2, 0) is 0 Å². The Kier molecular flexibility index (Phi) is 3.93. The Labute approximate surface area is 112 Å². The lowest BCUT2D eigenvalue weighted by molar-refractivity contribution is 0.194. The van der Waals surface area contributed by atoms with Gasteiger partial charge in [0.2, 0.25) is 5.88 Å². The number of benzene rings is 1. The minimum Gasteiger partial charge on any atom is -0.438 e. The number of rotatable bonds is 3. The fraction of sp³-hybridized carbons (Fsp3) is 0.154. The number of hydrogen-bond donors (Lipinski definition) is 1. The third kappa shape index (κ3) is 3.05. The van der Waals surface area contributed by atoms with Crippen LogP contribution in [0.5, 0.6) is 11.6 Å². The summed E-state index contributed by atoms with van der Waals surface area (Å²) in [5.74, 6) is 0.182. The summed E-state index contributed by atoms with van der Waals surface area (Å²) < 4.78 is 19.3. The minimum atomic E-state index is -0.703. The van der Waals surface area contributed by atoms with Crippen molar-refractivity contribution in [2.24, 2.45) is 0 Å². The summed E-state index contributed by atoms with van der Waals surface area (Å²) in [7, 11) is 0. The highest BCUT2D eigenvalue weighted by Crippen LogP contribution is 2.29. The maximum Gasteiger partial charge on any atom is 0.225 e. The molecule has 1 heterocycles. The van der Waals surface area contributed by atoms with Crippen LogP contribution in [0.4, 0.5) is 4.39 Å². The minimum absolute atomic E-state index is 0.269. The summed E-state index contributed by atoms with van der Waals surface area (Å²) in [5.41, 5.74) is 0.554. The largest absolute Gasteiger partial charge is 0.438 e. The molecule has 5 heteroatoms. The first-order valence-corrected chi connectivity index (χ1v) is 6.12. The molecule has 0 radical (unpaired) electrons. The van der Waals surface area contributed by atoms with Crippen LogP contribution in [0.2, 0.25) is 0 Å². The predicted octanol–water partition coefficient (Wildman–Crippen LogP) is 3.83. The number of hydrogen-bond acceptors (Lipinski definition) is 3. The first-order valence-electron chi connectivity index (χ1n) is 5.33. The Morgan fingerprint density at radius 1 is 1.39 bits per heavy atom. The molecule has 1 aromatic carbocycles. The van der Waals surface area contributed by atoms with E-state index >= 15 is 0 Å². The van der Waals surface area contributed by atoms with E-state index in [0.29, 0.717) is 15.8 Å². The standard InChI is InChI=1S/C13H11BrFNO2/c1-8(17)12-3-2-4-16-13(12)18-11-6-9(14)5-10(15)7-11/h2-8,17H,1H3/t8-/m0/s1. The highest BCUT2D eigenvalue weighted by molar-refractivity contribution is 9.10. The Morgan fingerprint density at radius 2 is 2.17 bits per heavy atom. The quantitative estimate of drug-likeness (QED) is 0.936. The molecule has 0 unspecified atom stereocenters. The second-order valence-corrected chi connectivity index (χ2v) is 4.70. The molecule has 1 N–H and O–H groups in total. The Bertz CT molecular complexity index is 540. The zero-order valence-corrected chi connectivity index (χ0v) is 11.2. The summed E-state index contributed by atoms with van der Waals surface area (Å²) in [6.07, 6.45) is 0.848. The number of nitrogens with zero attached hydrogens (tertiary/aromatic N) is 1. The van der Waals surface area contributed by atoms with E-state index < -0.39 is 11.9 Å². The van der Waals surface area contributed by atoms with Gasteiger partial charge in [0.05, 0.1) is 6.10 Å². The summed E-state index contributed by atoms with van der Waals surface area (Å²) in [6, 6.07) is 7.63. The number of aromatic nitrogens is 1. The van der Waals surface area contributed by atoms with E-state index in [1.165, 1.54) is 12.1 Å². The Morgan fingerprint density at radius 3 is 2.83 bits per heavy atom. The van der Waals surface area contributed by atoms with Crippen molar-refractivity contribution >= 4 is 15.9 Å². The normalized spacial score (nSPS) is 12.2. The van der Waals surface area contributed by atoms with E-state index in [0.717, 1.165) is 0 Å². The monoisotopic (exact) mass is 311 g/mol. The van der Waals surface area contributed by atoms with Crippen molar-refractivity contribution in [1.29, 1.82) is 0 Å². The summed E-state index contributed by atoms with van der Waals surface area (Å²) >= 11 is 3.18. The van der Waals surface area contributed by atoms with Crippen molar-refractivity contribution in [1.82, 2.24) is 4.98 Å². The topological polar surface area (TPSA) is 42.4 Å². The van der Waals surface area contributed by atoms with Crippen LogP contribution in [0.15, 0.2) is 41.0 Å². The number of halogens is 2. The number of aliphatic hydroxyl groups is 1. The average molecular weight is 312 g/mol. The third-order valence-corrected chi connectivity index (χ3v) is 2.76. The summed E-state index contributed by atoms with van der Waals surface area (Å²) in [6.45, 7) is 1.62. The van der Waals surface area contributed by atoms with E-state index in [1.807, 2.05) is 0 Å². The highest BCUT2D eigenvalue weighted by atomic mass is 79.9. The third-order valence-electron chi connectivity index (χ3n) is 2.30. The molecule has 94 valence electrons. The van der Waals surface area contributed by atoms with Crippen molar-refractivity contribution in [2.45, 2.75) is 13.0 Å². The molecular weight excluding hydrogens is 301 g/mol. The van der Waals surface area contributed by atoms with E-state index in [2.05, 4.69) is 20.9 Å². The van der Waals surface area contributed by atoms with Gasteiger partial charge in [0.15, 0.2) is 0 Å². The first kappa shape index (κ1) is 13.0. The van der Waals surface area contributed by atoms with Crippen LogP contribution < -0.4 is 4.74 Å². The van der Waals surface area contributed by atoms with Crippen LogP contribution in [0, 0.1) is 5.82 Å². The lowest BCUT2D eigenvalue weighted by atomic mass is 10.2. The Hall–Kier alpha value is -1.46. The molecule has 1 aromatic heterocycles. The van der Waals surface area contributed by atoms with Crippen molar-refractivity contribution < 1.29 is 14.2 Å². The van der Waals surface area contributed by atoms with E-state index in [4.69, 9.17) is 4.74 Å². The molecule has 0 fully saturated rings. The zero-order chi connectivity index (χ0) is 13.1. The van der Waals surface area contributed by atoms with Gasteiger partial charge in [-0.1, -0.05) is 15.9 Å². The van der Waals surface area contributed by atoms with Gasteiger partial charge in [0, 0.05) is 22.3 Å². The van der Waals surface area contributed by atoms with Gasteiger partial charge in [0.25, 0.3) is 0 Å². The van der Waals surface area contributed by atoms with Crippen molar-refractivity contribution in [3.8, 4) is 11.6 Å². The Balaban J connectivity index is 2.34. The molecule has 0 aliphatic carbocycles. The molecule has 3 nitrogen and oxygen atoms in total. The second kappa shape index (κ2) is 5.46. The number of aliphatic hydroxyl groups excluding tert-OH is 1. The predicted molar refractivity (Wildman–Crippen MR) is 69.0 cm³/mol.